The van der Waals surface area contributed by atoms with Gasteiger partial charge in [0, 0.05) is 13.3 Å². The van der Waals surface area contributed by atoms with Crippen LogP contribution in [0.4, 0.5) is 0 Å². The van der Waals surface area contributed by atoms with Crippen LogP contribution in [0, 0.1) is 0 Å². The molecule has 62 valence electrons. The van der Waals surface area contributed by atoms with Crippen molar-refractivity contribution < 1.29 is 9.53 Å². The number of esters is 1. The largest absolute Gasteiger partial charge is 0.459 e. The summed E-state index contributed by atoms with van der Waals surface area (Å²) in [6.45, 7) is 3.45. The molecule has 0 aromatic rings. The molecule has 2 nitrogen and oxygen atoms in total. The van der Waals surface area contributed by atoms with E-state index in [4.69, 9.17) is 4.74 Å². The molecule has 0 heterocycles. The zero-order chi connectivity index (χ0) is 8.32. The topological polar surface area (TPSA) is 26.3 Å². The maximum Gasteiger partial charge on any atom is 0.303 e. The van der Waals surface area contributed by atoms with Crippen molar-refractivity contribution in [3.8, 4) is 0 Å². The molecule has 0 aliphatic heterocycles. The van der Waals surface area contributed by atoms with Gasteiger partial charge in [0.25, 0.3) is 0 Å². The monoisotopic (exact) mass is 154 g/mol. The van der Waals surface area contributed by atoms with E-state index < -0.39 is 0 Å². The third-order valence-corrected chi connectivity index (χ3v) is 1.95. The molecule has 0 fully saturated rings. The number of carbonyl (C=O) groups is 1. The summed E-state index contributed by atoms with van der Waals surface area (Å²) in [6.07, 6.45) is 7.02. The zero-order valence-corrected chi connectivity index (χ0v) is 7.09. The van der Waals surface area contributed by atoms with Crippen LogP contribution in [0.3, 0.4) is 0 Å². The number of allylic oxidation sites excluding steroid dienone is 1. The number of hydrogen-bond donors (Lipinski definition) is 0. The summed E-state index contributed by atoms with van der Waals surface area (Å²) < 4.78 is 5.19. The third kappa shape index (κ3) is 2.37. The molecule has 0 bridgehead atoms. The summed E-state index contributed by atoms with van der Waals surface area (Å²) in [6, 6.07) is 0. The molecule has 0 saturated carbocycles. The van der Waals surface area contributed by atoms with Gasteiger partial charge in [-0.25, -0.2) is 0 Å². The van der Waals surface area contributed by atoms with Gasteiger partial charge in [-0.05, 0) is 19.8 Å². The molecule has 0 saturated heterocycles. The van der Waals surface area contributed by atoms with E-state index in [-0.39, 0.29) is 11.6 Å². The van der Waals surface area contributed by atoms with E-state index in [0.29, 0.717) is 0 Å². The van der Waals surface area contributed by atoms with Crippen molar-refractivity contribution in [1.29, 1.82) is 0 Å². The molecular weight excluding hydrogens is 140 g/mol. The standard InChI is InChI=1S/C9H14O2/c1-8(10)11-9(2)6-4-3-5-7-9/h3-4H,5-7H2,1-2H3. The van der Waals surface area contributed by atoms with E-state index in [2.05, 4.69) is 12.2 Å². The van der Waals surface area contributed by atoms with Gasteiger partial charge in [-0.1, -0.05) is 12.2 Å². The molecular formula is C9H14O2. The van der Waals surface area contributed by atoms with E-state index in [1.54, 1.807) is 0 Å². The van der Waals surface area contributed by atoms with Crippen LogP contribution >= 0.6 is 0 Å². The van der Waals surface area contributed by atoms with Gasteiger partial charge < -0.3 is 4.74 Å². The van der Waals surface area contributed by atoms with Crippen LogP contribution in [0.1, 0.15) is 33.1 Å². The molecule has 11 heavy (non-hydrogen) atoms. The number of ether oxygens (including phenoxy) is 1. The second-order valence-corrected chi connectivity index (χ2v) is 3.26. The first-order valence-corrected chi connectivity index (χ1v) is 3.97. The number of hydrogen-bond acceptors (Lipinski definition) is 2. The maximum atomic E-state index is 10.7. The zero-order valence-electron chi connectivity index (χ0n) is 7.09. The Balaban J connectivity index is 2.52. The average Bonchev–Trinajstić information content (AvgIpc) is 1.85. The molecule has 1 atom stereocenters. The number of rotatable bonds is 1. The highest BCUT2D eigenvalue weighted by Crippen LogP contribution is 2.26. The van der Waals surface area contributed by atoms with Crippen molar-refractivity contribution in [2.24, 2.45) is 0 Å². The van der Waals surface area contributed by atoms with Crippen molar-refractivity contribution in [2.45, 2.75) is 38.7 Å². The fraction of sp³-hybridized carbons (Fsp3) is 0.667. The predicted octanol–water partition coefficient (Wildman–Crippen LogP) is 2.05. The Bertz CT molecular complexity index is 184. The molecule has 0 aromatic heterocycles. The van der Waals surface area contributed by atoms with E-state index in [1.165, 1.54) is 6.92 Å². The summed E-state index contributed by atoms with van der Waals surface area (Å²) in [7, 11) is 0. The first-order chi connectivity index (χ1) is 5.12. The first-order valence-electron chi connectivity index (χ1n) is 3.97. The summed E-state index contributed by atoms with van der Waals surface area (Å²) in [4.78, 5) is 10.7. The van der Waals surface area contributed by atoms with Gasteiger partial charge in [0.15, 0.2) is 0 Å². The van der Waals surface area contributed by atoms with Crippen LogP contribution in [0.2, 0.25) is 0 Å². The summed E-state index contributed by atoms with van der Waals surface area (Å²) in [5, 5.41) is 0. The van der Waals surface area contributed by atoms with Crippen LogP contribution in [-0.4, -0.2) is 11.6 Å². The lowest BCUT2D eigenvalue weighted by Gasteiger charge is -2.29. The molecule has 0 N–H and O–H groups in total. The quantitative estimate of drug-likeness (QED) is 0.427. The minimum atomic E-state index is -0.236. The molecule has 0 radical (unpaired) electrons. The Morgan fingerprint density at radius 3 is 2.73 bits per heavy atom. The summed E-state index contributed by atoms with van der Waals surface area (Å²) in [5.41, 5.74) is -0.236. The minimum absolute atomic E-state index is 0.178. The van der Waals surface area contributed by atoms with Crippen molar-refractivity contribution in [3.63, 3.8) is 0 Å². The van der Waals surface area contributed by atoms with E-state index in [1.807, 2.05) is 6.92 Å². The Labute approximate surface area is 67.2 Å². The molecule has 0 spiro atoms. The SMILES string of the molecule is CC(=O)OC1(C)CC=CCC1. The fourth-order valence-corrected chi connectivity index (χ4v) is 1.38. The maximum absolute atomic E-state index is 10.7. The van der Waals surface area contributed by atoms with Gasteiger partial charge >= 0.3 is 5.97 Å². The van der Waals surface area contributed by atoms with Crippen molar-refractivity contribution in [3.05, 3.63) is 12.2 Å². The number of carbonyl (C=O) groups excluding carboxylic acids is 1. The summed E-state index contributed by atoms with van der Waals surface area (Å²) >= 11 is 0. The minimum Gasteiger partial charge on any atom is -0.459 e. The molecule has 0 aromatic carbocycles. The van der Waals surface area contributed by atoms with Crippen molar-refractivity contribution in [1.82, 2.24) is 0 Å². The van der Waals surface area contributed by atoms with E-state index >= 15 is 0 Å². The van der Waals surface area contributed by atoms with Crippen molar-refractivity contribution in [2.75, 3.05) is 0 Å². The lowest BCUT2D eigenvalue weighted by Crippen LogP contribution is -2.31. The Kier molecular flexibility index (Phi) is 2.32. The van der Waals surface area contributed by atoms with Gasteiger partial charge in [-0.3, -0.25) is 4.79 Å². The van der Waals surface area contributed by atoms with Crippen LogP contribution in [0.25, 0.3) is 0 Å². The highest BCUT2D eigenvalue weighted by molar-refractivity contribution is 5.66. The Morgan fingerprint density at radius 2 is 2.27 bits per heavy atom. The normalized spacial score (nSPS) is 30.0. The predicted molar refractivity (Wildman–Crippen MR) is 43.2 cm³/mol. The van der Waals surface area contributed by atoms with Gasteiger partial charge in [0.2, 0.25) is 0 Å². The van der Waals surface area contributed by atoms with Gasteiger partial charge in [-0.15, -0.1) is 0 Å². The fourth-order valence-electron chi connectivity index (χ4n) is 1.38. The second kappa shape index (κ2) is 3.07. The van der Waals surface area contributed by atoms with Crippen LogP contribution in [0.5, 0.6) is 0 Å². The van der Waals surface area contributed by atoms with Gasteiger partial charge in [0.1, 0.15) is 5.60 Å². The van der Waals surface area contributed by atoms with E-state index in [9.17, 15) is 4.79 Å². The van der Waals surface area contributed by atoms with E-state index in [0.717, 1.165) is 19.3 Å². The molecule has 2 heteroatoms. The van der Waals surface area contributed by atoms with Gasteiger partial charge in [0.05, 0.1) is 0 Å². The third-order valence-electron chi connectivity index (χ3n) is 1.95. The van der Waals surface area contributed by atoms with Crippen LogP contribution < -0.4 is 0 Å². The van der Waals surface area contributed by atoms with Crippen LogP contribution in [0.15, 0.2) is 12.2 Å². The van der Waals surface area contributed by atoms with Gasteiger partial charge in [-0.2, -0.15) is 0 Å². The summed E-state index contributed by atoms with van der Waals surface area (Å²) in [5.74, 6) is -0.178. The van der Waals surface area contributed by atoms with Crippen LogP contribution in [-0.2, 0) is 9.53 Å². The van der Waals surface area contributed by atoms with Crippen molar-refractivity contribution >= 4 is 5.97 Å². The molecule has 1 unspecified atom stereocenters. The first kappa shape index (κ1) is 8.31. The lowest BCUT2D eigenvalue weighted by molar-refractivity contribution is -0.155. The molecule has 0 amide bonds. The Hall–Kier alpha value is -0.790. The Morgan fingerprint density at radius 1 is 1.55 bits per heavy atom. The molecule has 1 aliphatic rings. The lowest BCUT2D eigenvalue weighted by atomic mass is 9.91. The average molecular weight is 154 g/mol. The highest BCUT2D eigenvalue weighted by Gasteiger charge is 2.27. The second-order valence-electron chi connectivity index (χ2n) is 3.26. The molecule has 1 rings (SSSR count). The highest BCUT2D eigenvalue weighted by atomic mass is 16.6. The molecule has 1 aliphatic carbocycles. The smallest absolute Gasteiger partial charge is 0.303 e.